The molecule has 2 heterocycles. The number of carbonyl (C=O) groups is 1. The second-order valence-electron chi connectivity index (χ2n) is 5.44. The van der Waals surface area contributed by atoms with E-state index in [2.05, 4.69) is 20.9 Å². The third-order valence-corrected chi connectivity index (χ3v) is 4.60. The average Bonchev–Trinajstić information content (AvgIpc) is 2.57. The van der Waals surface area contributed by atoms with Gasteiger partial charge in [-0.2, -0.15) is 0 Å². The van der Waals surface area contributed by atoms with Gasteiger partial charge in [0, 0.05) is 23.4 Å². The first-order chi connectivity index (χ1) is 11.1. The van der Waals surface area contributed by atoms with Gasteiger partial charge in [0.25, 0.3) is 5.91 Å². The quantitative estimate of drug-likeness (QED) is 0.783. The maximum Gasteiger partial charge on any atom is 0.255 e. The van der Waals surface area contributed by atoms with Crippen molar-refractivity contribution in [1.29, 1.82) is 0 Å². The van der Waals surface area contributed by atoms with E-state index in [4.69, 9.17) is 16.3 Å². The number of rotatable bonds is 3. The molecule has 0 N–H and O–H groups in total. The number of carbonyl (C=O) groups excluding carboxylic acids is 1. The number of hydrogen-bond acceptors (Lipinski definition) is 3. The van der Waals surface area contributed by atoms with Gasteiger partial charge in [-0.25, -0.2) is 0 Å². The highest BCUT2D eigenvalue weighted by molar-refractivity contribution is 9.10. The lowest BCUT2D eigenvalue weighted by molar-refractivity contribution is 0.0538. The molecule has 1 unspecified atom stereocenters. The molecule has 1 aliphatic rings. The Kier molecular flexibility index (Phi) is 5.18. The van der Waals surface area contributed by atoms with E-state index in [0.29, 0.717) is 17.1 Å². The van der Waals surface area contributed by atoms with Gasteiger partial charge in [0.1, 0.15) is 11.9 Å². The monoisotopic (exact) mass is 394 g/mol. The van der Waals surface area contributed by atoms with Crippen molar-refractivity contribution in [3.8, 4) is 5.75 Å². The minimum absolute atomic E-state index is 0.0129. The van der Waals surface area contributed by atoms with Gasteiger partial charge in [-0.1, -0.05) is 27.5 Å². The number of aromatic nitrogens is 1. The smallest absolute Gasteiger partial charge is 0.255 e. The average molecular weight is 396 g/mol. The van der Waals surface area contributed by atoms with Crippen molar-refractivity contribution in [2.24, 2.45) is 0 Å². The fourth-order valence-electron chi connectivity index (χ4n) is 2.66. The Hall–Kier alpha value is -1.59. The zero-order valence-corrected chi connectivity index (χ0v) is 14.8. The Morgan fingerprint density at radius 2 is 2.09 bits per heavy atom. The summed E-state index contributed by atoms with van der Waals surface area (Å²) < 4.78 is 6.79. The number of amides is 1. The van der Waals surface area contributed by atoms with E-state index in [-0.39, 0.29) is 12.0 Å². The first-order valence-electron chi connectivity index (χ1n) is 7.44. The molecular formula is C17H16BrClN2O2. The van der Waals surface area contributed by atoms with Crippen molar-refractivity contribution in [3.63, 3.8) is 0 Å². The van der Waals surface area contributed by atoms with E-state index in [0.717, 1.165) is 29.6 Å². The lowest BCUT2D eigenvalue weighted by atomic mass is 10.1. The van der Waals surface area contributed by atoms with Gasteiger partial charge >= 0.3 is 0 Å². The third kappa shape index (κ3) is 4.03. The minimum Gasteiger partial charge on any atom is -0.488 e. The summed E-state index contributed by atoms with van der Waals surface area (Å²) in [7, 11) is 0. The number of halogens is 2. The number of likely N-dealkylation sites (tertiary alicyclic amines) is 1. The fourth-order valence-corrected chi connectivity index (χ4v) is 3.22. The molecular weight excluding hydrogens is 380 g/mol. The molecule has 1 aliphatic heterocycles. The van der Waals surface area contributed by atoms with Crippen LogP contribution in [0.5, 0.6) is 5.75 Å². The summed E-state index contributed by atoms with van der Waals surface area (Å²) in [5.74, 6) is 0.721. The summed E-state index contributed by atoms with van der Waals surface area (Å²) in [5.41, 5.74) is 0.519. The summed E-state index contributed by atoms with van der Waals surface area (Å²) in [5, 5.41) is 0.468. The predicted molar refractivity (Wildman–Crippen MR) is 92.9 cm³/mol. The molecule has 6 heteroatoms. The van der Waals surface area contributed by atoms with Gasteiger partial charge in [0.05, 0.1) is 17.1 Å². The third-order valence-electron chi connectivity index (χ3n) is 3.78. The maximum absolute atomic E-state index is 12.7. The number of pyridine rings is 1. The lowest BCUT2D eigenvalue weighted by Crippen LogP contribution is -2.44. The summed E-state index contributed by atoms with van der Waals surface area (Å²) in [6.07, 6.45) is 5.22. The Morgan fingerprint density at radius 3 is 2.87 bits per heavy atom. The van der Waals surface area contributed by atoms with Crippen molar-refractivity contribution in [3.05, 3.63) is 57.8 Å². The molecule has 0 radical (unpaired) electrons. The number of hydrogen-bond donors (Lipinski definition) is 0. The molecule has 1 atom stereocenters. The zero-order chi connectivity index (χ0) is 16.2. The fraction of sp³-hybridized carbons (Fsp3) is 0.294. The molecule has 3 rings (SSSR count). The Labute approximate surface area is 148 Å². The molecule has 1 amide bonds. The molecule has 2 aromatic rings. The van der Waals surface area contributed by atoms with Gasteiger partial charge < -0.3 is 9.64 Å². The van der Waals surface area contributed by atoms with E-state index in [1.54, 1.807) is 24.5 Å². The van der Waals surface area contributed by atoms with Gasteiger partial charge in [0.2, 0.25) is 0 Å². The molecule has 0 spiro atoms. The highest BCUT2D eigenvalue weighted by Crippen LogP contribution is 2.25. The van der Waals surface area contributed by atoms with Crippen LogP contribution < -0.4 is 4.74 Å². The van der Waals surface area contributed by atoms with Gasteiger partial charge in [0.15, 0.2) is 0 Å². The molecule has 120 valence electrons. The molecule has 23 heavy (non-hydrogen) atoms. The van der Waals surface area contributed by atoms with Crippen molar-refractivity contribution < 1.29 is 9.53 Å². The SMILES string of the molecule is O=C(c1cc(Br)ccc1Cl)N1CCCC(Oc2ccncc2)C1. The molecule has 1 aromatic carbocycles. The van der Waals surface area contributed by atoms with E-state index in [1.807, 2.05) is 23.1 Å². The van der Waals surface area contributed by atoms with Crippen LogP contribution in [0.4, 0.5) is 0 Å². The molecule has 0 bridgehead atoms. The van der Waals surface area contributed by atoms with Crippen molar-refractivity contribution in [2.75, 3.05) is 13.1 Å². The van der Waals surface area contributed by atoms with E-state index in [1.165, 1.54) is 0 Å². The highest BCUT2D eigenvalue weighted by Gasteiger charge is 2.26. The zero-order valence-electron chi connectivity index (χ0n) is 12.4. The Morgan fingerprint density at radius 1 is 1.30 bits per heavy atom. The Balaban J connectivity index is 1.70. The lowest BCUT2D eigenvalue weighted by Gasteiger charge is -2.33. The molecule has 0 aliphatic carbocycles. The molecule has 1 fully saturated rings. The largest absolute Gasteiger partial charge is 0.488 e. The van der Waals surface area contributed by atoms with Crippen molar-refractivity contribution in [1.82, 2.24) is 9.88 Å². The van der Waals surface area contributed by atoms with Gasteiger partial charge in [-0.15, -0.1) is 0 Å². The molecule has 1 aromatic heterocycles. The summed E-state index contributed by atoms with van der Waals surface area (Å²) >= 11 is 9.55. The van der Waals surface area contributed by atoms with Crippen LogP contribution in [0.3, 0.4) is 0 Å². The van der Waals surface area contributed by atoms with Crippen LogP contribution in [-0.2, 0) is 0 Å². The van der Waals surface area contributed by atoms with Crippen LogP contribution in [0, 0.1) is 0 Å². The number of piperidine rings is 1. The predicted octanol–water partition coefficient (Wildman–Crippen LogP) is 4.18. The summed E-state index contributed by atoms with van der Waals surface area (Å²) in [6.45, 7) is 1.28. The second kappa shape index (κ2) is 7.32. The van der Waals surface area contributed by atoms with E-state index >= 15 is 0 Å². The standard InChI is InChI=1S/C17H16BrClN2O2/c18-12-3-4-16(19)15(10-12)17(22)21-9-1-2-14(11-21)23-13-5-7-20-8-6-13/h3-8,10,14H,1-2,9,11H2. The number of ether oxygens (including phenoxy) is 1. The minimum atomic E-state index is -0.0562. The molecule has 4 nitrogen and oxygen atoms in total. The second-order valence-corrected chi connectivity index (χ2v) is 6.76. The first kappa shape index (κ1) is 16.3. The summed E-state index contributed by atoms with van der Waals surface area (Å²) in [6, 6.07) is 8.97. The van der Waals surface area contributed by atoms with Crippen molar-refractivity contribution in [2.45, 2.75) is 18.9 Å². The van der Waals surface area contributed by atoms with Crippen LogP contribution in [0.2, 0.25) is 5.02 Å². The van der Waals surface area contributed by atoms with Crippen molar-refractivity contribution >= 4 is 33.4 Å². The number of nitrogens with zero attached hydrogens (tertiary/aromatic N) is 2. The van der Waals surface area contributed by atoms with Crippen LogP contribution in [0.15, 0.2) is 47.2 Å². The van der Waals surface area contributed by atoms with Crippen LogP contribution in [0.1, 0.15) is 23.2 Å². The van der Waals surface area contributed by atoms with Crippen LogP contribution in [0.25, 0.3) is 0 Å². The first-order valence-corrected chi connectivity index (χ1v) is 8.61. The van der Waals surface area contributed by atoms with E-state index < -0.39 is 0 Å². The van der Waals surface area contributed by atoms with Gasteiger partial charge in [-0.3, -0.25) is 9.78 Å². The molecule has 0 saturated carbocycles. The highest BCUT2D eigenvalue weighted by atomic mass is 79.9. The summed E-state index contributed by atoms with van der Waals surface area (Å²) in [4.78, 5) is 18.5. The topological polar surface area (TPSA) is 42.4 Å². The number of benzene rings is 1. The van der Waals surface area contributed by atoms with Crippen LogP contribution >= 0.6 is 27.5 Å². The van der Waals surface area contributed by atoms with Crippen LogP contribution in [-0.4, -0.2) is 35.0 Å². The molecule has 1 saturated heterocycles. The van der Waals surface area contributed by atoms with E-state index in [9.17, 15) is 4.79 Å². The Bertz CT molecular complexity index is 696. The van der Waals surface area contributed by atoms with Gasteiger partial charge in [-0.05, 0) is 43.2 Å². The normalized spacial score (nSPS) is 17.8. The maximum atomic E-state index is 12.7.